The first kappa shape index (κ1) is 14.2. The molecule has 0 bridgehead atoms. The molecule has 1 amide bonds. The lowest BCUT2D eigenvalue weighted by Crippen LogP contribution is -2.32. The summed E-state index contributed by atoms with van der Waals surface area (Å²) in [5, 5.41) is 8.99. The fraction of sp³-hybridized carbons (Fsp3) is 0.429. The second kappa shape index (κ2) is 6.19. The fourth-order valence-electron chi connectivity index (χ4n) is 2.05. The van der Waals surface area contributed by atoms with Gasteiger partial charge in [0.25, 0.3) is 0 Å². The lowest BCUT2D eigenvalue weighted by atomic mass is 9.84. The van der Waals surface area contributed by atoms with E-state index in [9.17, 15) is 9.59 Å². The standard InChI is InChI=1S/C14H19NO3/c1-10(14(18)15(2)3)12(9-13(16)17)11-7-5-4-6-8-11/h4-8,10,12H,9H2,1-3H3,(H,16,17). The van der Waals surface area contributed by atoms with E-state index in [1.807, 2.05) is 30.3 Å². The third kappa shape index (κ3) is 3.58. The number of benzene rings is 1. The van der Waals surface area contributed by atoms with Gasteiger partial charge in [0.1, 0.15) is 0 Å². The van der Waals surface area contributed by atoms with Crippen molar-refractivity contribution in [3.05, 3.63) is 35.9 Å². The zero-order chi connectivity index (χ0) is 13.7. The Balaban J connectivity index is 2.99. The lowest BCUT2D eigenvalue weighted by Gasteiger charge is -2.25. The van der Waals surface area contributed by atoms with Crippen molar-refractivity contribution in [3.63, 3.8) is 0 Å². The van der Waals surface area contributed by atoms with Crippen LogP contribution in [0.25, 0.3) is 0 Å². The van der Waals surface area contributed by atoms with Crippen molar-refractivity contribution in [3.8, 4) is 0 Å². The van der Waals surface area contributed by atoms with Gasteiger partial charge in [-0.25, -0.2) is 0 Å². The number of nitrogens with zero attached hydrogens (tertiary/aromatic N) is 1. The number of carboxylic acid groups (broad SMARTS) is 1. The van der Waals surface area contributed by atoms with E-state index in [2.05, 4.69) is 0 Å². The first-order valence-corrected chi connectivity index (χ1v) is 5.91. The smallest absolute Gasteiger partial charge is 0.303 e. The van der Waals surface area contributed by atoms with Gasteiger partial charge in [0.15, 0.2) is 0 Å². The van der Waals surface area contributed by atoms with E-state index in [0.717, 1.165) is 5.56 Å². The molecule has 4 heteroatoms. The molecule has 0 aliphatic carbocycles. The van der Waals surface area contributed by atoms with Crippen molar-refractivity contribution in [1.29, 1.82) is 0 Å². The summed E-state index contributed by atoms with van der Waals surface area (Å²) in [6.45, 7) is 1.78. The predicted molar refractivity (Wildman–Crippen MR) is 69.3 cm³/mol. The average molecular weight is 249 g/mol. The van der Waals surface area contributed by atoms with Gasteiger partial charge >= 0.3 is 5.97 Å². The minimum atomic E-state index is -0.887. The SMILES string of the molecule is CC(C(=O)N(C)C)C(CC(=O)O)c1ccccc1. The number of rotatable bonds is 5. The summed E-state index contributed by atoms with van der Waals surface area (Å²) in [7, 11) is 3.36. The van der Waals surface area contributed by atoms with Crippen molar-refractivity contribution < 1.29 is 14.7 Å². The highest BCUT2D eigenvalue weighted by Gasteiger charge is 2.28. The van der Waals surface area contributed by atoms with Crippen molar-refractivity contribution in [2.75, 3.05) is 14.1 Å². The summed E-state index contributed by atoms with van der Waals surface area (Å²) in [6, 6.07) is 9.33. The molecule has 1 aromatic rings. The van der Waals surface area contributed by atoms with E-state index in [0.29, 0.717) is 0 Å². The Morgan fingerprint density at radius 3 is 2.22 bits per heavy atom. The van der Waals surface area contributed by atoms with Gasteiger partial charge in [0.05, 0.1) is 6.42 Å². The normalized spacial score (nSPS) is 13.7. The molecular formula is C14H19NO3. The third-order valence-corrected chi connectivity index (χ3v) is 3.06. The van der Waals surface area contributed by atoms with Crippen LogP contribution < -0.4 is 0 Å². The number of hydrogen-bond acceptors (Lipinski definition) is 2. The van der Waals surface area contributed by atoms with Crippen LogP contribution in [-0.2, 0) is 9.59 Å². The topological polar surface area (TPSA) is 57.6 Å². The molecule has 2 unspecified atom stereocenters. The molecule has 1 N–H and O–H groups in total. The Hall–Kier alpha value is -1.84. The fourth-order valence-corrected chi connectivity index (χ4v) is 2.05. The Kier molecular flexibility index (Phi) is 4.89. The van der Waals surface area contributed by atoms with Crippen LogP contribution in [0.5, 0.6) is 0 Å². The number of carbonyl (C=O) groups is 2. The zero-order valence-electron chi connectivity index (χ0n) is 11.0. The summed E-state index contributed by atoms with van der Waals surface area (Å²) < 4.78 is 0. The van der Waals surface area contributed by atoms with Crippen LogP contribution in [-0.4, -0.2) is 36.0 Å². The van der Waals surface area contributed by atoms with Crippen LogP contribution in [0, 0.1) is 5.92 Å². The summed E-state index contributed by atoms with van der Waals surface area (Å²) in [6.07, 6.45) is -0.0369. The maximum Gasteiger partial charge on any atom is 0.303 e. The summed E-state index contributed by atoms with van der Waals surface area (Å²) >= 11 is 0. The highest BCUT2D eigenvalue weighted by Crippen LogP contribution is 2.29. The van der Waals surface area contributed by atoms with E-state index < -0.39 is 5.97 Å². The summed E-state index contributed by atoms with van der Waals surface area (Å²) in [4.78, 5) is 24.4. The monoisotopic (exact) mass is 249 g/mol. The molecule has 0 spiro atoms. The molecule has 1 rings (SSSR count). The molecule has 0 radical (unpaired) electrons. The van der Waals surface area contributed by atoms with Gasteiger partial charge in [-0.05, 0) is 5.56 Å². The van der Waals surface area contributed by atoms with Crippen LogP contribution in [0.1, 0.15) is 24.8 Å². The van der Waals surface area contributed by atoms with Crippen molar-refractivity contribution in [2.45, 2.75) is 19.3 Å². The molecule has 4 nitrogen and oxygen atoms in total. The summed E-state index contributed by atoms with van der Waals surface area (Å²) in [5.41, 5.74) is 0.891. The van der Waals surface area contributed by atoms with Crippen LogP contribution in [0.15, 0.2) is 30.3 Å². The maximum atomic E-state index is 12.0. The molecule has 0 aliphatic rings. The molecule has 0 aromatic heterocycles. The van der Waals surface area contributed by atoms with Crippen LogP contribution >= 0.6 is 0 Å². The molecule has 0 saturated heterocycles. The molecule has 98 valence electrons. The number of amides is 1. The van der Waals surface area contributed by atoms with Gasteiger partial charge in [0.2, 0.25) is 5.91 Å². The molecule has 2 atom stereocenters. The number of hydrogen-bond donors (Lipinski definition) is 1. The van der Waals surface area contributed by atoms with E-state index >= 15 is 0 Å². The van der Waals surface area contributed by atoms with Crippen LogP contribution in [0.2, 0.25) is 0 Å². The first-order valence-electron chi connectivity index (χ1n) is 5.91. The second-order valence-electron chi connectivity index (χ2n) is 4.64. The molecule has 18 heavy (non-hydrogen) atoms. The number of carboxylic acids is 1. The molecule has 0 saturated carbocycles. The van der Waals surface area contributed by atoms with E-state index in [4.69, 9.17) is 5.11 Å². The van der Waals surface area contributed by atoms with Crippen molar-refractivity contribution >= 4 is 11.9 Å². The highest BCUT2D eigenvalue weighted by molar-refractivity contribution is 5.80. The van der Waals surface area contributed by atoms with Gasteiger partial charge < -0.3 is 10.0 Å². The van der Waals surface area contributed by atoms with Gasteiger partial charge in [-0.3, -0.25) is 9.59 Å². The largest absolute Gasteiger partial charge is 0.481 e. The summed E-state index contributed by atoms with van der Waals surface area (Å²) in [5.74, 6) is -1.58. The molecule has 0 fully saturated rings. The average Bonchev–Trinajstić information content (AvgIpc) is 2.35. The lowest BCUT2D eigenvalue weighted by molar-refractivity contribution is -0.138. The highest BCUT2D eigenvalue weighted by atomic mass is 16.4. The Labute approximate surface area is 107 Å². The second-order valence-corrected chi connectivity index (χ2v) is 4.64. The predicted octanol–water partition coefficient (Wildman–Crippen LogP) is 1.97. The minimum absolute atomic E-state index is 0.0369. The Morgan fingerprint density at radius 1 is 1.22 bits per heavy atom. The Bertz CT molecular complexity index is 414. The van der Waals surface area contributed by atoms with Gasteiger partial charge in [-0.15, -0.1) is 0 Å². The van der Waals surface area contributed by atoms with Crippen LogP contribution in [0.4, 0.5) is 0 Å². The van der Waals surface area contributed by atoms with Gasteiger partial charge in [-0.2, -0.15) is 0 Å². The third-order valence-electron chi connectivity index (χ3n) is 3.06. The van der Waals surface area contributed by atoms with Crippen molar-refractivity contribution in [1.82, 2.24) is 4.90 Å². The molecule has 1 aromatic carbocycles. The van der Waals surface area contributed by atoms with Crippen molar-refractivity contribution in [2.24, 2.45) is 5.92 Å². The van der Waals surface area contributed by atoms with Gasteiger partial charge in [0, 0.05) is 25.9 Å². The van der Waals surface area contributed by atoms with E-state index in [1.165, 1.54) is 4.90 Å². The van der Waals surface area contributed by atoms with Gasteiger partial charge in [-0.1, -0.05) is 37.3 Å². The molecule has 0 heterocycles. The van der Waals surface area contributed by atoms with E-state index in [-0.39, 0.29) is 24.2 Å². The minimum Gasteiger partial charge on any atom is -0.481 e. The quantitative estimate of drug-likeness (QED) is 0.868. The number of carbonyl (C=O) groups excluding carboxylic acids is 1. The maximum absolute atomic E-state index is 12.0. The van der Waals surface area contributed by atoms with Crippen LogP contribution in [0.3, 0.4) is 0 Å². The first-order chi connectivity index (χ1) is 8.43. The zero-order valence-corrected chi connectivity index (χ0v) is 11.0. The van der Waals surface area contributed by atoms with E-state index in [1.54, 1.807) is 21.0 Å². The molecular weight excluding hydrogens is 230 g/mol. The number of aliphatic carboxylic acids is 1. The molecule has 0 aliphatic heterocycles. The Morgan fingerprint density at radius 2 is 1.78 bits per heavy atom.